The Labute approximate surface area is 101 Å². The highest BCUT2D eigenvalue weighted by Crippen LogP contribution is 2.14. The summed E-state index contributed by atoms with van der Waals surface area (Å²) in [5.41, 5.74) is 10.5. The molecule has 1 fully saturated rings. The van der Waals surface area contributed by atoms with Crippen molar-refractivity contribution in [3.05, 3.63) is 0 Å². The fourth-order valence-corrected chi connectivity index (χ4v) is 3.40. The molecular formula is C9H19N3O4S. The van der Waals surface area contributed by atoms with Gasteiger partial charge in [-0.1, -0.05) is 0 Å². The number of hydrogen-bond donors (Lipinski definition) is 2. The van der Waals surface area contributed by atoms with Crippen molar-refractivity contribution in [2.75, 3.05) is 32.1 Å². The smallest absolute Gasteiger partial charge is 0.238 e. The summed E-state index contributed by atoms with van der Waals surface area (Å²) in [5, 5.41) is 0. The van der Waals surface area contributed by atoms with Crippen molar-refractivity contribution >= 4 is 15.9 Å². The van der Waals surface area contributed by atoms with E-state index in [1.165, 1.54) is 0 Å². The zero-order valence-corrected chi connectivity index (χ0v) is 10.5. The maximum absolute atomic E-state index is 12.0. The lowest BCUT2D eigenvalue weighted by molar-refractivity contribution is -0.125. The highest BCUT2D eigenvalue weighted by molar-refractivity contribution is 7.89. The van der Waals surface area contributed by atoms with Gasteiger partial charge in [0.05, 0.1) is 19.0 Å². The molecule has 0 aromatic rings. The molecule has 17 heavy (non-hydrogen) atoms. The molecule has 1 unspecified atom stereocenters. The number of morpholine rings is 1. The minimum atomic E-state index is -3.45. The second-order valence-electron chi connectivity index (χ2n) is 3.92. The number of unbranched alkanes of at least 4 members (excludes halogenated alkanes) is 1. The van der Waals surface area contributed by atoms with E-state index in [9.17, 15) is 13.2 Å². The van der Waals surface area contributed by atoms with E-state index in [0.29, 0.717) is 26.0 Å². The molecule has 1 heterocycles. The summed E-state index contributed by atoms with van der Waals surface area (Å²) in [7, 11) is -3.45. The molecule has 4 N–H and O–H groups in total. The zero-order valence-electron chi connectivity index (χ0n) is 9.67. The molecule has 0 aromatic carbocycles. The fourth-order valence-electron chi connectivity index (χ4n) is 1.69. The quantitative estimate of drug-likeness (QED) is 0.552. The summed E-state index contributed by atoms with van der Waals surface area (Å²) in [6, 6.07) is -0.883. The van der Waals surface area contributed by atoms with E-state index in [1.54, 1.807) is 0 Å². The van der Waals surface area contributed by atoms with Crippen LogP contribution in [0.4, 0.5) is 0 Å². The molecule has 0 radical (unpaired) electrons. The molecule has 1 rings (SSSR count). The Morgan fingerprint density at radius 2 is 2.12 bits per heavy atom. The van der Waals surface area contributed by atoms with Gasteiger partial charge >= 0.3 is 0 Å². The van der Waals surface area contributed by atoms with Gasteiger partial charge in [-0.15, -0.1) is 0 Å². The van der Waals surface area contributed by atoms with Crippen LogP contribution < -0.4 is 11.5 Å². The van der Waals surface area contributed by atoms with Gasteiger partial charge in [0.1, 0.15) is 6.04 Å². The number of nitrogens with zero attached hydrogens (tertiary/aromatic N) is 1. The van der Waals surface area contributed by atoms with Crippen molar-refractivity contribution < 1.29 is 17.9 Å². The number of sulfonamides is 1. The normalized spacial score (nSPS) is 22.5. The van der Waals surface area contributed by atoms with Crippen molar-refractivity contribution in [2.24, 2.45) is 11.5 Å². The number of primary amides is 1. The summed E-state index contributed by atoms with van der Waals surface area (Å²) in [4.78, 5) is 11.2. The molecule has 1 atom stereocenters. The first-order chi connectivity index (χ1) is 7.99. The van der Waals surface area contributed by atoms with E-state index in [0.717, 1.165) is 4.31 Å². The second kappa shape index (κ2) is 6.29. The maximum atomic E-state index is 12.0. The zero-order chi connectivity index (χ0) is 12.9. The average molecular weight is 265 g/mol. The summed E-state index contributed by atoms with van der Waals surface area (Å²) in [6.45, 7) is 0.960. The third-order valence-corrected chi connectivity index (χ3v) is 4.58. The number of rotatable bonds is 6. The lowest BCUT2D eigenvalue weighted by Crippen LogP contribution is -2.55. The third-order valence-electron chi connectivity index (χ3n) is 2.62. The van der Waals surface area contributed by atoms with Gasteiger partial charge in [0, 0.05) is 6.54 Å². The van der Waals surface area contributed by atoms with Crippen LogP contribution in [0.25, 0.3) is 0 Å². The number of carbonyl (C=O) groups is 1. The molecule has 0 bridgehead atoms. The summed E-state index contributed by atoms with van der Waals surface area (Å²) < 4.78 is 30.2. The van der Waals surface area contributed by atoms with E-state index in [2.05, 4.69) is 0 Å². The monoisotopic (exact) mass is 265 g/mol. The average Bonchev–Trinajstić information content (AvgIpc) is 2.29. The van der Waals surface area contributed by atoms with Gasteiger partial charge in [0.15, 0.2) is 0 Å². The number of ether oxygens (including phenoxy) is 1. The van der Waals surface area contributed by atoms with Crippen LogP contribution in [0.2, 0.25) is 0 Å². The molecular weight excluding hydrogens is 246 g/mol. The van der Waals surface area contributed by atoms with Crippen LogP contribution >= 0.6 is 0 Å². The van der Waals surface area contributed by atoms with Gasteiger partial charge in [-0.25, -0.2) is 8.42 Å². The second-order valence-corrected chi connectivity index (χ2v) is 5.96. The molecule has 0 saturated carbocycles. The van der Waals surface area contributed by atoms with Crippen LogP contribution in [0.15, 0.2) is 0 Å². The molecule has 0 aliphatic carbocycles. The van der Waals surface area contributed by atoms with Crippen LogP contribution in [0, 0.1) is 0 Å². The largest absolute Gasteiger partial charge is 0.378 e. The van der Waals surface area contributed by atoms with Gasteiger partial charge in [-0.2, -0.15) is 4.31 Å². The first-order valence-electron chi connectivity index (χ1n) is 5.55. The Balaban J connectivity index is 2.69. The lowest BCUT2D eigenvalue weighted by atomic mass is 10.3. The highest BCUT2D eigenvalue weighted by Gasteiger charge is 2.35. The fraction of sp³-hybridized carbons (Fsp3) is 0.889. The van der Waals surface area contributed by atoms with Crippen LogP contribution in [0.1, 0.15) is 12.8 Å². The highest BCUT2D eigenvalue weighted by atomic mass is 32.2. The first kappa shape index (κ1) is 14.4. The van der Waals surface area contributed by atoms with Gasteiger partial charge in [0.25, 0.3) is 0 Å². The Bertz CT molecular complexity index is 357. The van der Waals surface area contributed by atoms with Crippen LogP contribution in [0.5, 0.6) is 0 Å². The Hall–Kier alpha value is -0.700. The van der Waals surface area contributed by atoms with Gasteiger partial charge in [-0.05, 0) is 19.4 Å². The molecule has 100 valence electrons. The van der Waals surface area contributed by atoms with Crippen molar-refractivity contribution in [1.29, 1.82) is 0 Å². The first-order valence-corrected chi connectivity index (χ1v) is 7.16. The van der Waals surface area contributed by atoms with Gasteiger partial charge in [-0.3, -0.25) is 4.79 Å². The molecule has 0 aromatic heterocycles. The number of amides is 1. The SMILES string of the molecule is NCCCCS(=O)(=O)N1CCOCC1C(N)=O. The van der Waals surface area contributed by atoms with E-state index in [-0.39, 0.29) is 18.9 Å². The molecule has 0 spiro atoms. The summed E-state index contributed by atoms with van der Waals surface area (Å²) in [5.74, 6) is -0.680. The van der Waals surface area contributed by atoms with E-state index < -0.39 is 22.0 Å². The molecule has 1 amide bonds. The van der Waals surface area contributed by atoms with Crippen molar-refractivity contribution in [1.82, 2.24) is 4.31 Å². The molecule has 1 aliphatic heterocycles. The van der Waals surface area contributed by atoms with Crippen molar-refractivity contribution in [2.45, 2.75) is 18.9 Å². The van der Waals surface area contributed by atoms with Crippen molar-refractivity contribution in [3.8, 4) is 0 Å². The van der Waals surface area contributed by atoms with Crippen molar-refractivity contribution in [3.63, 3.8) is 0 Å². The van der Waals surface area contributed by atoms with Crippen LogP contribution in [0.3, 0.4) is 0 Å². The molecule has 1 aliphatic rings. The topological polar surface area (TPSA) is 116 Å². The van der Waals surface area contributed by atoms with Crippen LogP contribution in [-0.2, 0) is 19.6 Å². The summed E-state index contributed by atoms with van der Waals surface area (Å²) >= 11 is 0. The standard InChI is InChI=1S/C9H19N3O4S/c10-3-1-2-6-17(14,15)12-4-5-16-7-8(12)9(11)13/h8H,1-7,10H2,(H2,11,13). The number of nitrogens with two attached hydrogens (primary N) is 2. The molecule has 7 nitrogen and oxygen atoms in total. The van der Waals surface area contributed by atoms with Gasteiger partial charge < -0.3 is 16.2 Å². The number of carbonyl (C=O) groups excluding carboxylic acids is 1. The van der Waals surface area contributed by atoms with E-state index in [4.69, 9.17) is 16.2 Å². The molecule has 1 saturated heterocycles. The number of hydrogen-bond acceptors (Lipinski definition) is 5. The third kappa shape index (κ3) is 3.91. The molecule has 8 heteroatoms. The minimum absolute atomic E-state index is 0.00597. The van der Waals surface area contributed by atoms with E-state index in [1.807, 2.05) is 0 Å². The summed E-state index contributed by atoms with van der Waals surface area (Å²) in [6.07, 6.45) is 1.13. The predicted molar refractivity (Wildman–Crippen MR) is 62.6 cm³/mol. The minimum Gasteiger partial charge on any atom is -0.378 e. The van der Waals surface area contributed by atoms with Crippen LogP contribution in [-0.4, -0.2) is 56.7 Å². The Morgan fingerprint density at radius 1 is 1.41 bits per heavy atom. The predicted octanol–water partition coefficient (Wildman–Crippen LogP) is -1.76. The Morgan fingerprint density at radius 3 is 2.71 bits per heavy atom. The van der Waals surface area contributed by atoms with E-state index >= 15 is 0 Å². The maximum Gasteiger partial charge on any atom is 0.238 e. The lowest BCUT2D eigenvalue weighted by Gasteiger charge is -2.32. The Kier molecular flexibility index (Phi) is 5.31. The van der Waals surface area contributed by atoms with Gasteiger partial charge in [0.2, 0.25) is 15.9 Å².